The molecule has 1 fully saturated rings. The van der Waals surface area contributed by atoms with Crippen molar-refractivity contribution < 1.29 is 4.74 Å². The van der Waals surface area contributed by atoms with Crippen molar-refractivity contribution in [1.82, 2.24) is 5.32 Å². The van der Waals surface area contributed by atoms with Gasteiger partial charge in [-0.15, -0.1) is 0 Å². The molecule has 1 N–H and O–H groups in total. The summed E-state index contributed by atoms with van der Waals surface area (Å²) in [6.07, 6.45) is 5.25. The van der Waals surface area contributed by atoms with E-state index in [-0.39, 0.29) is 0 Å². The van der Waals surface area contributed by atoms with E-state index in [0.717, 1.165) is 26.1 Å². The van der Waals surface area contributed by atoms with Crippen LogP contribution in [0, 0.1) is 11.8 Å². The molecule has 0 bridgehead atoms. The van der Waals surface area contributed by atoms with E-state index in [1.807, 2.05) is 0 Å². The Morgan fingerprint density at radius 3 is 2.86 bits per heavy atom. The van der Waals surface area contributed by atoms with Crippen LogP contribution in [0.5, 0.6) is 0 Å². The Hall–Kier alpha value is -0.380. The van der Waals surface area contributed by atoms with E-state index >= 15 is 0 Å². The van der Waals surface area contributed by atoms with Gasteiger partial charge in [0.05, 0.1) is 6.10 Å². The summed E-state index contributed by atoms with van der Waals surface area (Å²) < 4.78 is 7.01. The second-order valence-electron chi connectivity index (χ2n) is 6.62. The highest BCUT2D eigenvalue weighted by atomic mass is 79.9. The van der Waals surface area contributed by atoms with Crippen LogP contribution in [0.15, 0.2) is 28.7 Å². The number of rotatable bonds is 8. The zero-order chi connectivity index (χ0) is 15.1. The summed E-state index contributed by atoms with van der Waals surface area (Å²) in [6.45, 7) is 7.66. The average Bonchev–Trinajstić information content (AvgIpc) is 2.91. The van der Waals surface area contributed by atoms with Gasteiger partial charge < -0.3 is 10.1 Å². The fourth-order valence-electron chi connectivity index (χ4n) is 3.01. The van der Waals surface area contributed by atoms with Gasteiger partial charge in [0.25, 0.3) is 0 Å². The molecular formula is C18H28BrNO. The van der Waals surface area contributed by atoms with Crippen LogP contribution in [0.25, 0.3) is 0 Å². The van der Waals surface area contributed by atoms with Crippen LogP contribution in [-0.4, -0.2) is 25.8 Å². The van der Waals surface area contributed by atoms with E-state index in [1.165, 1.54) is 29.3 Å². The van der Waals surface area contributed by atoms with Crippen molar-refractivity contribution in [3.63, 3.8) is 0 Å². The number of ether oxygens (including phenoxy) is 1. The first-order valence-electron chi connectivity index (χ1n) is 8.20. The van der Waals surface area contributed by atoms with Crippen LogP contribution in [0.2, 0.25) is 0 Å². The van der Waals surface area contributed by atoms with Gasteiger partial charge in [-0.3, -0.25) is 0 Å². The van der Waals surface area contributed by atoms with Crippen LogP contribution in [0.3, 0.4) is 0 Å². The summed E-state index contributed by atoms with van der Waals surface area (Å²) in [5, 5.41) is 3.63. The van der Waals surface area contributed by atoms with Crippen molar-refractivity contribution >= 4 is 15.9 Å². The van der Waals surface area contributed by atoms with Crippen molar-refractivity contribution in [3.8, 4) is 0 Å². The smallest absolute Gasteiger partial charge is 0.0579 e. The third-order valence-electron chi connectivity index (χ3n) is 4.02. The Morgan fingerprint density at radius 1 is 1.33 bits per heavy atom. The highest BCUT2D eigenvalue weighted by Gasteiger charge is 2.21. The molecule has 1 saturated heterocycles. The maximum atomic E-state index is 5.84. The maximum absolute atomic E-state index is 5.84. The van der Waals surface area contributed by atoms with Crippen LogP contribution in [0.1, 0.15) is 38.7 Å². The van der Waals surface area contributed by atoms with E-state index in [9.17, 15) is 0 Å². The predicted molar refractivity (Wildman–Crippen MR) is 92.6 cm³/mol. The lowest BCUT2D eigenvalue weighted by atomic mass is 9.92. The average molecular weight is 354 g/mol. The van der Waals surface area contributed by atoms with Crippen molar-refractivity contribution in [2.45, 2.75) is 45.6 Å². The standard InChI is InChI=1S/C18H28BrNO/c1-14(2)12-20-13-16(11-18-7-4-8-21-18)9-15-5-3-6-17(19)10-15/h3,5-6,10,14,16,18,20H,4,7-9,11-13H2,1-2H3. The highest BCUT2D eigenvalue weighted by Crippen LogP contribution is 2.23. The Balaban J connectivity index is 1.89. The summed E-state index contributed by atoms with van der Waals surface area (Å²) in [4.78, 5) is 0. The van der Waals surface area contributed by atoms with Crippen LogP contribution < -0.4 is 5.32 Å². The summed E-state index contributed by atoms with van der Waals surface area (Å²) in [7, 11) is 0. The molecule has 3 heteroatoms. The van der Waals surface area contributed by atoms with Crippen LogP contribution in [-0.2, 0) is 11.2 Å². The molecule has 1 aliphatic heterocycles. The molecule has 0 aromatic heterocycles. The van der Waals surface area contributed by atoms with Gasteiger partial charge in [0, 0.05) is 11.1 Å². The first-order valence-corrected chi connectivity index (χ1v) is 8.99. The monoisotopic (exact) mass is 353 g/mol. The van der Waals surface area contributed by atoms with Gasteiger partial charge in [0.15, 0.2) is 0 Å². The van der Waals surface area contributed by atoms with E-state index in [0.29, 0.717) is 17.9 Å². The summed E-state index contributed by atoms with van der Waals surface area (Å²) in [5.74, 6) is 1.36. The molecule has 0 radical (unpaired) electrons. The summed E-state index contributed by atoms with van der Waals surface area (Å²) in [5.41, 5.74) is 1.42. The van der Waals surface area contributed by atoms with Gasteiger partial charge in [-0.2, -0.15) is 0 Å². The SMILES string of the molecule is CC(C)CNCC(Cc1cccc(Br)c1)CC1CCCO1. The number of hydrogen-bond acceptors (Lipinski definition) is 2. The van der Waals surface area contributed by atoms with Gasteiger partial charge in [0.2, 0.25) is 0 Å². The fraction of sp³-hybridized carbons (Fsp3) is 0.667. The molecule has 118 valence electrons. The van der Waals surface area contributed by atoms with Gasteiger partial charge in [0.1, 0.15) is 0 Å². The quantitative estimate of drug-likeness (QED) is 0.746. The minimum Gasteiger partial charge on any atom is -0.378 e. The molecule has 0 saturated carbocycles. The summed E-state index contributed by atoms with van der Waals surface area (Å²) >= 11 is 3.57. The first kappa shape index (κ1) is 17.0. The van der Waals surface area contributed by atoms with E-state index in [2.05, 4.69) is 59.4 Å². The Kier molecular flexibility index (Phi) is 7.21. The third-order valence-corrected chi connectivity index (χ3v) is 4.51. The normalized spacial score (nSPS) is 20.1. The molecule has 21 heavy (non-hydrogen) atoms. The van der Waals surface area contributed by atoms with E-state index in [1.54, 1.807) is 0 Å². The molecular weight excluding hydrogens is 326 g/mol. The van der Waals surface area contributed by atoms with Crippen molar-refractivity contribution in [2.24, 2.45) is 11.8 Å². The van der Waals surface area contributed by atoms with E-state index < -0.39 is 0 Å². The Morgan fingerprint density at radius 2 is 2.19 bits per heavy atom. The van der Waals surface area contributed by atoms with Crippen molar-refractivity contribution in [2.75, 3.05) is 19.7 Å². The molecule has 2 rings (SSSR count). The van der Waals surface area contributed by atoms with Gasteiger partial charge in [-0.25, -0.2) is 0 Å². The fourth-order valence-corrected chi connectivity index (χ4v) is 3.46. The van der Waals surface area contributed by atoms with Crippen molar-refractivity contribution in [3.05, 3.63) is 34.3 Å². The largest absolute Gasteiger partial charge is 0.378 e. The Bertz CT molecular complexity index is 415. The van der Waals surface area contributed by atoms with Crippen LogP contribution >= 0.6 is 15.9 Å². The zero-order valence-corrected chi connectivity index (χ0v) is 14.9. The molecule has 0 aliphatic carbocycles. The zero-order valence-electron chi connectivity index (χ0n) is 13.3. The van der Waals surface area contributed by atoms with Crippen molar-refractivity contribution in [1.29, 1.82) is 0 Å². The maximum Gasteiger partial charge on any atom is 0.0579 e. The Labute approximate surface area is 137 Å². The topological polar surface area (TPSA) is 21.3 Å². The molecule has 1 aromatic rings. The first-order chi connectivity index (χ1) is 10.1. The predicted octanol–water partition coefficient (Wildman–Crippen LogP) is 4.42. The van der Waals surface area contributed by atoms with E-state index in [4.69, 9.17) is 4.74 Å². The molecule has 1 heterocycles. The third kappa shape index (κ3) is 6.50. The molecule has 2 nitrogen and oxygen atoms in total. The lowest BCUT2D eigenvalue weighted by Crippen LogP contribution is -2.29. The lowest BCUT2D eigenvalue weighted by molar-refractivity contribution is 0.0891. The number of halogens is 1. The minimum absolute atomic E-state index is 0.475. The molecule has 2 atom stereocenters. The molecule has 2 unspecified atom stereocenters. The molecule has 1 aromatic carbocycles. The number of nitrogens with one attached hydrogen (secondary N) is 1. The molecule has 0 spiro atoms. The molecule has 0 amide bonds. The van der Waals surface area contributed by atoms with Crippen LogP contribution in [0.4, 0.5) is 0 Å². The second kappa shape index (κ2) is 8.92. The van der Waals surface area contributed by atoms with Gasteiger partial charge in [-0.1, -0.05) is 41.9 Å². The van der Waals surface area contributed by atoms with Gasteiger partial charge >= 0.3 is 0 Å². The number of hydrogen-bond donors (Lipinski definition) is 1. The van der Waals surface area contributed by atoms with Gasteiger partial charge in [-0.05, 0) is 68.3 Å². The highest BCUT2D eigenvalue weighted by molar-refractivity contribution is 9.10. The lowest BCUT2D eigenvalue weighted by Gasteiger charge is -2.22. The second-order valence-corrected chi connectivity index (χ2v) is 7.54. The molecule has 1 aliphatic rings. The summed E-state index contributed by atoms with van der Waals surface area (Å²) in [6, 6.07) is 8.69. The minimum atomic E-state index is 0.475. The number of benzene rings is 1.